The van der Waals surface area contributed by atoms with Crippen LogP contribution in [0.3, 0.4) is 0 Å². The summed E-state index contributed by atoms with van der Waals surface area (Å²) in [6.45, 7) is 3.78. The van der Waals surface area contributed by atoms with E-state index in [9.17, 15) is 10.1 Å². The zero-order valence-electron chi connectivity index (χ0n) is 12.7. The van der Waals surface area contributed by atoms with Gasteiger partial charge in [0, 0.05) is 50.8 Å². The molecule has 0 aliphatic heterocycles. The monoisotopic (exact) mass is 297 g/mol. The predicted molar refractivity (Wildman–Crippen MR) is 83.0 cm³/mol. The molecule has 0 fully saturated rings. The first kappa shape index (κ1) is 17.2. The fourth-order valence-electron chi connectivity index (χ4n) is 1.82. The summed E-state index contributed by atoms with van der Waals surface area (Å²) in [5.74, 6) is 0. The molecular weight excluding hydrogens is 274 g/mol. The van der Waals surface area contributed by atoms with E-state index in [-0.39, 0.29) is 11.8 Å². The maximum atomic E-state index is 11.0. The molecule has 1 aromatic rings. The highest BCUT2D eigenvalue weighted by Gasteiger charge is 2.11. The van der Waals surface area contributed by atoms with Crippen LogP contribution in [0.1, 0.15) is 13.3 Å². The number of rotatable bonds is 10. The number of nitro benzene ring substituents is 1. The minimum atomic E-state index is -0.398. The molecule has 0 amide bonds. The summed E-state index contributed by atoms with van der Waals surface area (Å²) >= 11 is 0. The van der Waals surface area contributed by atoms with Gasteiger partial charge in [0.25, 0.3) is 5.69 Å². The van der Waals surface area contributed by atoms with Gasteiger partial charge >= 0.3 is 0 Å². The molecule has 7 nitrogen and oxygen atoms in total. The lowest BCUT2D eigenvalue weighted by Crippen LogP contribution is -2.26. The summed E-state index contributed by atoms with van der Waals surface area (Å²) in [5, 5.41) is 17.3. The molecule has 1 atom stereocenters. The van der Waals surface area contributed by atoms with Gasteiger partial charge < -0.3 is 20.1 Å². The molecule has 21 heavy (non-hydrogen) atoms. The fourth-order valence-corrected chi connectivity index (χ4v) is 1.82. The second-order valence-electron chi connectivity index (χ2n) is 4.65. The van der Waals surface area contributed by atoms with Gasteiger partial charge in [-0.15, -0.1) is 0 Å². The number of nitrogens with one attached hydrogen (secondary N) is 2. The van der Waals surface area contributed by atoms with E-state index in [1.807, 2.05) is 13.0 Å². The predicted octanol–water partition coefficient (Wildman–Crippen LogP) is 2.49. The van der Waals surface area contributed by atoms with Crippen LogP contribution in [0.2, 0.25) is 0 Å². The standard InChI is InChI=1S/C14H23N3O4/c1-4-5-15-11-6-12(8-13(7-11)17(18)19)16-9-14(21-3)10-20-2/h6-8,14-16H,4-5,9-10H2,1-3H3. The van der Waals surface area contributed by atoms with E-state index >= 15 is 0 Å². The normalized spacial score (nSPS) is 12.0. The third kappa shape index (κ3) is 5.97. The van der Waals surface area contributed by atoms with Crippen LogP contribution in [-0.2, 0) is 9.47 Å². The molecule has 0 spiro atoms. The Labute approximate surface area is 124 Å². The van der Waals surface area contributed by atoms with Crippen molar-refractivity contribution in [3.05, 3.63) is 28.3 Å². The van der Waals surface area contributed by atoms with Gasteiger partial charge in [-0.05, 0) is 12.5 Å². The van der Waals surface area contributed by atoms with E-state index in [4.69, 9.17) is 9.47 Å². The number of hydrogen-bond donors (Lipinski definition) is 2. The van der Waals surface area contributed by atoms with Crippen molar-refractivity contribution in [1.82, 2.24) is 0 Å². The molecule has 1 aromatic carbocycles. The van der Waals surface area contributed by atoms with Gasteiger partial charge in [-0.3, -0.25) is 10.1 Å². The molecule has 2 N–H and O–H groups in total. The summed E-state index contributed by atoms with van der Waals surface area (Å²) in [4.78, 5) is 10.6. The number of methoxy groups -OCH3 is 2. The lowest BCUT2D eigenvalue weighted by molar-refractivity contribution is -0.384. The van der Waals surface area contributed by atoms with Gasteiger partial charge in [-0.1, -0.05) is 6.92 Å². The highest BCUT2D eigenvalue weighted by molar-refractivity contribution is 5.63. The van der Waals surface area contributed by atoms with Gasteiger partial charge in [0.2, 0.25) is 0 Å². The summed E-state index contributed by atoms with van der Waals surface area (Å²) in [6.07, 6.45) is 0.840. The maximum absolute atomic E-state index is 11.0. The largest absolute Gasteiger partial charge is 0.385 e. The van der Waals surface area contributed by atoms with Crippen molar-refractivity contribution >= 4 is 17.1 Å². The Morgan fingerprint density at radius 2 is 1.90 bits per heavy atom. The molecule has 0 radical (unpaired) electrons. The van der Waals surface area contributed by atoms with Gasteiger partial charge in [-0.25, -0.2) is 0 Å². The quantitative estimate of drug-likeness (QED) is 0.510. The number of nitrogens with zero attached hydrogens (tertiary/aromatic N) is 1. The zero-order valence-corrected chi connectivity index (χ0v) is 12.7. The minimum Gasteiger partial charge on any atom is -0.385 e. The first-order chi connectivity index (χ1) is 10.1. The highest BCUT2D eigenvalue weighted by atomic mass is 16.6. The van der Waals surface area contributed by atoms with Gasteiger partial charge in [0.05, 0.1) is 17.6 Å². The maximum Gasteiger partial charge on any atom is 0.273 e. The van der Waals surface area contributed by atoms with Crippen LogP contribution < -0.4 is 10.6 Å². The molecule has 0 aromatic heterocycles. The lowest BCUT2D eigenvalue weighted by atomic mass is 10.2. The first-order valence-electron chi connectivity index (χ1n) is 6.89. The SMILES string of the molecule is CCCNc1cc(NCC(COC)OC)cc([N+](=O)[O-])c1. The lowest BCUT2D eigenvalue weighted by Gasteiger charge is -2.16. The van der Waals surface area contributed by atoms with Crippen molar-refractivity contribution in [2.24, 2.45) is 0 Å². The highest BCUT2D eigenvalue weighted by Crippen LogP contribution is 2.24. The third-order valence-electron chi connectivity index (χ3n) is 2.93. The van der Waals surface area contributed by atoms with Crippen LogP contribution in [0, 0.1) is 10.1 Å². The minimum absolute atomic E-state index is 0.0549. The van der Waals surface area contributed by atoms with Crippen LogP contribution in [0.5, 0.6) is 0 Å². The van der Waals surface area contributed by atoms with Gasteiger partial charge in [-0.2, -0.15) is 0 Å². The molecule has 0 saturated heterocycles. The Bertz CT molecular complexity index is 454. The Morgan fingerprint density at radius 3 is 2.43 bits per heavy atom. The van der Waals surface area contributed by atoms with Crippen molar-refractivity contribution in [1.29, 1.82) is 0 Å². The number of non-ortho nitro benzene ring substituents is 1. The molecule has 7 heteroatoms. The van der Waals surface area contributed by atoms with Crippen LogP contribution >= 0.6 is 0 Å². The molecule has 0 saturated carbocycles. The van der Waals surface area contributed by atoms with E-state index in [2.05, 4.69) is 10.6 Å². The summed E-state index contributed by atoms with van der Waals surface area (Å²) < 4.78 is 10.3. The fraction of sp³-hybridized carbons (Fsp3) is 0.571. The van der Waals surface area contributed by atoms with Crippen molar-refractivity contribution in [2.75, 3.05) is 44.5 Å². The second kappa shape index (κ2) is 9.15. The Kier molecular flexibility index (Phi) is 7.49. The Morgan fingerprint density at radius 1 is 1.24 bits per heavy atom. The number of nitro groups is 1. The van der Waals surface area contributed by atoms with Crippen LogP contribution in [0.15, 0.2) is 18.2 Å². The van der Waals surface area contributed by atoms with Crippen molar-refractivity contribution in [3.63, 3.8) is 0 Å². The van der Waals surface area contributed by atoms with E-state index < -0.39 is 4.92 Å². The van der Waals surface area contributed by atoms with E-state index in [0.717, 1.165) is 18.7 Å². The number of hydrogen-bond acceptors (Lipinski definition) is 6. The van der Waals surface area contributed by atoms with Crippen molar-refractivity contribution in [2.45, 2.75) is 19.4 Å². The summed E-state index contributed by atoms with van der Waals surface area (Å²) in [5.41, 5.74) is 1.47. The molecule has 0 bridgehead atoms. The van der Waals surface area contributed by atoms with Crippen molar-refractivity contribution in [3.8, 4) is 0 Å². The molecule has 1 rings (SSSR count). The smallest absolute Gasteiger partial charge is 0.273 e. The molecule has 0 aliphatic rings. The van der Waals surface area contributed by atoms with E-state index in [0.29, 0.717) is 18.8 Å². The van der Waals surface area contributed by atoms with Gasteiger partial charge in [0.1, 0.15) is 0 Å². The molecule has 118 valence electrons. The second-order valence-corrected chi connectivity index (χ2v) is 4.65. The van der Waals surface area contributed by atoms with E-state index in [1.54, 1.807) is 14.2 Å². The topological polar surface area (TPSA) is 85.7 Å². The Balaban J connectivity index is 2.79. The summed E-state index contributed by atoms with van der Waals surface area (Å²) in [7, 11) is 3.21. The molecular formula is C14H23N3O4. The number of ether oxygens (including phenoxy) is 2. The van der Waals surface area contributed by atoms with E-state index in [1.165, 1.54) is 12.1 Å². The Hall–Kier alpha value is -1.86. The first-order valence-corrected chi connectivity index (χ1v) is 6.89. The molecule has 1 unspecified atom stereocenters. The van der Waals surface area contributed by atoms with Gasteiger partial charge in [0.15, 0.2) is 0 Å². The van der Waals surface area contributed by atoms with Crippen LogP contribution in [0.25, 0.3) is 0 Å². The number of benzene rings is 1. The average molecular weight is 297 g/mol. The molecule has 0 heterocycles. The van der Waals surface area contributed by atoms with Crippen LogP contribution in [-0.4, -0.2) is 44.9 Å². The summed E-state index contributed by atoms with van der Waals surface area (Å²) in [6, 6.07) is 4.89. The van der Waals surface area contributed by atoms with Crippen LogP contribution in [0.4, 0.5) is 17.1 Å². The molecule has 0 aliphatic carbocycles. The zero-order chi connectivity index (χ0) is 15.7. The average Bonchev–Trinajstić information content (AvgIpc) is 2.49. The van der Waals surface area contributed by atoms with Crippen molar-refractivity contribution < 1.29 is 14.4 Å². The number of anilines is 2. The third-order valence-corrected chi connectivity index (χ3v) is 2.93.